The molecule has 0 fully saturated rings. The Hall–Kier alpha value is 0.980. The average molecular weight is 194 g/mol. The summed E-state index contributed by atoms with van der Waals surface area (Å²) >= 11 is 1.41. The predicted octanol–water partition coefficient (Wildman–Crippen LogP) is -0.0476. The first-order valence-electron chi connectivity index (χ1n) is 1.92. The first-order valence-corrected chi connectivity index (χ1v) is 2.75. The Morgan fingerprint density at radius 3 is 2.33 bits per heavy atom. The molecule has 1 aromatic rings. The zero-order valence-corrected chi connectivity index (χ0v) is 5.96. The molecule has 2 nitrogen and oxygen atoms in total. The normalized spacial score (nSPS) is 7.22. The van der Waals surface area contributed by atoms with Crippen molar-refractivity contribution in [3.05, 3.63) is 21.8 Å². The van der Waals surface area contributed by atoms with Gasteiger partial charge in [0.15, 0.2) is 0 Å². The molecule has 1 rings (SSSR count). The van der Waals surface area contributed by atoms with Gasteiger partial charge in [-0.3, -0.25) is 8.75 Å². The Balaban J connectivity index is 0. The molecule has 0 atom stereocenters. The minimum absolute atomic E-state index is 0. The van der Waals surface area contributed by atoms with E-state index in [9.17, 15) is 4.79 Å². The molecule has 0 aliphatic heterocycles. The van der Waals surface area contributed by atoms with Crippen LogP contribution in [0.15, 0.2) is 16.2 Å². The maximum absolute atomic E-state index is 10.4. The van der Waals surface area contributed by atoms with Gasteiger partial charge in [-0.25, -0.2) is 0 Å². The quantitative estimate of drug-likeness (QED) is 0.530. The predicted molar refractivity (Wildman–Crippen MR) is 45.4 cm³/mol. The summed E-state index contributed by atoms with van der Waals surface area (Å²) < 4.78 is 1.57. The minimum atomic E-state index is 0. The number of nitrogens with zero attached hydrogens (tertiary/aromatic N) is 1. The topological polar surface area (TPSA) is 22.0 Å². The molecule has 50 valence electrons. The zero-order valence-electron chi connectivity index (χ0n) is 4.33. The van der Waals surface area contributed by atoms with Crippen LogP contribution in [-0.4, -0.2) is 41.7 Å². The van der Waals surface area contributed by atoms with Crippen molar-refractivity contribution in [2.24, 2.45) is 7.05 Å². The van der Waals surface area contributed by atoms with Crippen LogP contribution in [0, 0.1) is 0 Å². The second-order valence-corrected chi connectivity index (χ2v) is 2.27. The number of hydrogen-bond donors (Lipinski definition) is 0. The third kappa shape index (κ3) is 3.63. The summed E-state index contributed by atoms with van der Waals surface area (Å²) in [5.74, 6) is 0. The van der Waals surface area contributed by atoms with Crippen molar-refractivity contribution in [1.29, 1.82) is 0 Å². The fraction of sp³-hybridized carbons (Fsp3) is 0.250. The fourth-order valence-electron chi connectivity index (χ4n) is 0.337. The van der Waals surface area contributed by atoms with Gasteiger partial charge in [-0.2, -0.15) is 0 Å². The number of aryl methyl sites for hydroxylation is 1. The van der Waals surface area contributed by atoms with Gasteiger partial charge in [0.05, 0.1) is 0 Å². The molecule has 9 heavy (non-hydrogen) atoms. The standard InChI is InChI=1S/C4H5NOS.Ca.ClH.2H/c1-5-4(6)2-3-7-5;;;;/h2-3H,1H3;;1H;;. The summed E-state index contributed by atoms with van der Waals surface area (Å²) in [6.07, 6.45) is 0. The van der Waals surface area contributed by atoms with Crippen LogP contribution in [0.1, 0.15) is 0 Å². The zero-order chi connectivity index (χ0) is 5.28. The third-order valence-electron chi connectivity index (χ3n) is 0.740. The first-order chi connectivity index (χ1) is 3.30. The molecule has 0 aromatic carbocycles. The van der Waals surface area contributed by atoms with Gasteiger partial charge >= 0.3 is 37.7 Å². The maximum atomic E-state index is 10.4. The Morgan fingerprint density at radius 2 is 2.22 bits per heavy atom. The molecule has 0 bridgehead atoms. The summed E-state index contributed by atoms with van der Waals surface area (Å²) in [4.78, 5) is 10.4. The SMILES string of the molecule is Cl.Cn1sccc1=O.[CaH2]. The molecule has 5 heteroatoms. The molecule has 0 amide bonds. The molecular formula is C4H8CaClNOS. The molecule has 0 saturated carbocycles. The molecule has 0 unspecified atom stereocenters. The van der Waals surface area contributed by atoms with Gasteiger partial charge in [-0.1, -0.05) is 11.5 Å². The van der Waals surface area contributed by atoms with E-state index in [0.29, 0.717) is 0 Å². The van der Waals surface area contributed by atoms with Crippen LogP contribution < -0.4 is 5.56 Å². The van der Waals surface area contributed by atoms with Gasteiger partial charge in [-0.15, -0.1) is 12.4 Å². The van der Waals surface area contributed by atoms with Gasteiger partial charge < -0.3 is 0 Å². The average Bonchev–Trinajstić information content (AvgIpc) is 1.91. The molecule has 0 N–H and O–H groups in total. The van der Waals surface area contributed by atoms with Crippen LogP contribution >= 0.6 is 23.9 Å². The fourth-order valence-corrected chi connectivity index (χ4v) is 0.861. The van der Waals surface area contributed by atoms with Crippen molar-refractivity contribution in [1.82, 2.24) is 3.96 Å². The van der Waals surface area contributed by atoms with E-state index < -0.39 is 0 Å². The van der Waals surface area contributed by atoms with E-state index in [4.69, 9.17) is 0 Å². The molecule has 1 heterocycles. The monoisotopic (exact) mass is 193 g/mol. The second-order valence-electron chi connectivity index (χ2n) is 1.24. The van der Waals surface area contributed by atoms with Gasteiger partial charge in [0.1, 0.15) is 0 Å². The summed E-state index contributed by atoms with van der Waals surface area (Å²) in [6.45, 7) is 0. The van der Waals surface area contributed by atoms with Crippen molar-refractivity contribution < 1.29 is 0 Å². The van der Waals surface area contributed by atoms with Gasteiger partial charge in [0.25, 0.3) is 5.56 Å². The van der Waals surface area contributed by atoms with Crippen LogP contribution in [0.5, 0.6) is 0 Å². The Labute approximate surface area is 93.4 Å². The Bertz CT molecular complexity index is 208. The van der Waals surface area contributed by atoms with Gasteiger partial charge in [0.2, 0.25) is 0 Å². The molecule has 0 aliphatic carbocycles. The summed E-state index contributed by atoms with van der Waals surface area (Å²) in [6, 6.07) is 1.55. The summed E-state index contributed by atoms with van der Waals surface area (Å²) in [5, 5.41) is 1.77. The van der Waals surface area contributed by atoms with Crippen molar-refractivity contribution in [3.8, 4) is 0 Å². The number of halogens is 1. The van der Waals surface area contributed by atoms with E-state index in [2.05, 4.69) is 0 Å². The Kier molecular flexibility index (Phi) is 8.06. The molecular weight excluding hydrogens is 186 g/mol. The molecule has 0 aliphatic rings. The molecule has 0 radical (unpaired) electrons. The summed E-state index contributed by atoms with van der Waals surface area (Å²) in [7, 11) is 1.74. The van der Waals surface area contributed by atoms with Crippen LogP contribution in [0.2, 0.25) is 0 Å². The van der Waals surface area contributed by atoms with Crippen LogP contribution in [0.4, 0.5) is 0 Å². The molecule has 0 saturated heterocycles. The second kappa shape index (κ2) is 5.74. The van der Waals surface area contributed by atoms with E-state index >= 15 is 0 Å². The van der Waals surface area contributed by atoms with Crippen LogP contribution in [-0.2, 0) is 7.05 Å². The van der Waals surface area contributed by atoms with E-state index in [1.807, 2.05) is 0 Å². The molecule has 0 spiro atoms. The first kappa shape index (κ1) is 12.6. The number of hydrogen-bond acceptors (Lipinski definition) is 2. The van der Waals surface area contributed by atoms with Crippen LogP contribution in [0.3, 0.4) is 0 Å². The summed E-state index contributed by atoms with van der Waals surface area (Å²) in [5.41, 5.74) is 0.0741. The Morgan fingerprint density at radius 1 is 1.67 bits per heavy atom. The molecule has 1 aromatic heterocycles. The van der Waals surface area contributed by atoms with Crippen molar-refractivity contribution in [3.63, 3.8) is 0 Å². The number of rotatable bonds is 0. The van der Waals surface area contributed by atoms with E-state index in [0.717, 1.165) is 0 Å². The van der Waals surface area contributed by atoms with Gasteiger partial charge in [0, 0.05) is 18.5 Å². The van der Waals surface area contributed by atoms with Crippen molar-refractivity contribution >= 4 is 61.7 Å². The van der Waals surface area contributed by atoms with Crippen molar-refractivity contribution in [2.75, 3.05) is 0 Å². The van der Waals surface area contributed by atoms with Crippen LogP contribution in [0.25, 0.3) is 0 Å². The van der Waals surface area contributed by atoms with Crippen molar-refractivity contribution in [2.45, 2.75) is 0 Å². The third-order valence-corrected chi connectivity index (χ3v) is 1.49. The van der Waals surface area contributed by atoms with Gasteiger partial charge in [-0.05, 0) is 0 Å². The van der Waals surface area contributed by atoms with E-state index in [1.54, 1.807) is 22.5 Å². The van der Waals surface area contributed by atoms with E-state index in [1.165, 1.54) is 11.5 Å². The number of aromatic nitrogens is 1. The van der Waals surface area contributed by atoms with E-state index in [-0.39, 0.29) is 55.7 Å².